The molecule has 2 heteroatoms. The predicted molar refractivity (Wildman–Crippen MR) is 81.5 cm³/mol. The molecule has 3 aliphatic rings. The van der Waals surface area contributed by atoms with Crippen molar-refractivity contribution in [1.29, 1.82) is 0 Å². The molecule has 0 bridgehead atoms. The molecule has 0 N–H and O–H groups in total. The summed E-state index contributed by atoms with van der Waals surface area (Å²) < 4.78 is 11.3. The highest BCUT2D eigenvalue weighted by atomic mass is 16.7. The first-order valence-electron chi connectivity index (χ1n) is 9.04. The summed E-state index contributed by atoms with van der Waals surface area (Å²) in [7, 11) is 0. The Bertz CT molecular complexity index is 269. The summed E-state index contributed by atoms with van der Waals surface area (Å²) >= 11 is 0. The van der Waals surface area contributed by atoms with Crippen LogP contribution in [0.1, 0.15) is 71.1 Å². The third-order valence-electron chi connectivity index (χ3n) is 6.04. The highest BCUT2D eigenvalue weighted by Gasteiger charge is 2.31. The molecule has 0 aromatic rings. The molecule has 3 fully saturated rings. The van der Waals surface area contributed by atoms with Gasteiger partial charge in [-0.1, -0.05) is 44.9 Å². The Morgan fingerprint density at radius 2 is 1.30 bits per heavy atom. The van der Waals surface area contributed by atoms with E-state index in [2.05, 4.69) is 0 Å². The zero-order chi connectivity index (χ0) is 13.8. The van der Waals surface area contributed by atoms with Crippen LogP contribution in [0.25, 0.3) is 0 Å². The molecule has 0 aromatic heterocycles. The second-order valence-electron chi connectivity index (χ2n) is 7.51. The molecule has 0 spiro atoms. The normalized spacial score (nSPS) is 40.6. The summed E-state index contributed by atoms with van der Waals surface area (Å²) in [6.45, 7) is 3.87. The minimum absolute atomic E-state index is 0.0221. The van der Waals surface area contributed by atoms with Crippen LogP contribution in [0.5, 0.6) is 0 Å². The van der Waals surface area contributed by atoms with Gasteiger partial charge in [0.05, 0.1) is 13.2 Å². The molecule has 1 aliphatic heterocycles. The molecule has 2 saturated carbocycles. The minimum atomic E-state index is 0.0221. The summed E-state index contributed by atoms with van der Waals surface area (Å²) in [5.41, 5.74) is 0. The number of ether oxygens (including phenoxy) is 2. The van der Waals surface area contributed by atoms with Crippen LogP contribution in [0, 0.1) is 23.7 Å². The second kappa shape index (κ2) is 7.26. The van der Waals surface area contributed by atoms with Gasteiger partial charge in [0.2, 0.25) is 0 Å². The summed E-state index contributed by atoms with van der Waals surface area (Å²) in [6, 6.07) is 0. The van der Waals surface area contributed by atoms with E-state index in [-0.39, 0.29) is 6.29 Å². The first kappa shape index (κ1) is 14.8. The quantitative estimate of drug-likeness (QED) is 0.741. The second-order valence-corrected chi connectivity index (χ2v) is 7.51. The Morgan fingerprint density at radius 1 is 0.700 bits per heavy atom. The molecule has 0 aromatic carbocycles. The van der Waals surface area contributed by atoms with Crippen molar-refractivity contribution in [3.63, 3.8) is 0 Å². The molecule has 0 atom stereocenters. The summed E-state index contributed by atoms with van der Waals surface area (Å²) in [5.74, 6) is 3.62. The molecule has 1 heterocycles. The molecule has 2 aliphatic carbocycles. The van der Waals surface area contributed by atoms with Gasteiger partial charge in [0.25, 0.3) is 0 Å². The van der Waals surface area contributed by atoms with Crippen LogP contribution in [-0.4, -0.2) is 19.5 Å². The van der Waals surface area contributed by atoms with Gasteiger partial charge in [0, 0.05) is 5.92 Å². The highest BCUT2D eigenvalue weighted by Crippen LogP contribution is 2.39. The zero-order valence-electron chi connectivity index (χ0n) is 13.2. The van der Waals surface area contributed by atoms with Gasteiger partial charge in [0.1, 0.15) is 0 Å². The van der Waals surface area contributed by atoms with Crippen molar-refractivity contribution >= 4 is 0 Å². The lowest BCUT2D eigenvalue weighted by Crippen LogP contribution is -2.36. The average Bonchev–Trinajstić information content (AvgIpc) is 2.50. The lowest BCUT2D eigenvalue weighted by Gasteiger charge is -2.38. The van der Waals surface area contributed by atoms with Gasteiger partial charge in [-0.25, -0.2) is 0 Å². The van der Waals surface area contributed by atoms with Crippen LogP contribution in [0.3, 0.4) is 0 Å². The molecular formula is C18H32O2. The Kier molecular flexibility index (Phi) is 5.39. The van der Waals surface area contributed by atoms with Gasteiger partial charge in [-0.2, -0.15) is 0 Å². The fourth-order valence-corrected chi connectivity index (χ4v) is 4.68. The van der Waals surface area contributed by atoms with Crippen molar-refractivity contribution in [3.05, 3.63) is 0 Å². The molecular weight excluding hydrogens is 248 g/mol. The van der Waals surface area contributed by atoms with Crippen molar-refractivity contribution in [2.45, 2.75) is 77.4 Å². The van der Waals surface area contributed by atoms with Crippen LogP contribution in [-0.2, 0) is 9.47 Å². The first-order valence-corrected chi connectivity index (χ1v) is 9.04. The molecule has 0 unspecified atom stereocenters. The van der Waals surface area contributed by atoms with Crippen molar-refractivity contribution in [2.75, 3.05) is 13.2 Å². The third kappa shape index (κ3) is 3.98. The molecule has 2 nitrogen and oxygen atoms in total. The summed E-state index contributed by atoms with van der Waals surface area (Å²) in [6.07, 6.45) is 14.8. The number of hydrogen-bond acceptors (Lipinski definition) is 2. The SMILES string of the molecule is CC1OCC(C2CCC(CC3CCCCC3)CC2)CO1. The van der Waals surface area contributed by atoms with Gasteiger partial charge in [-0.3, -0.25) is 0 Å². The Morgan fingerprint density at radius 3 is 1.95 bits per heavy atom. The standard InChI is InChI=1S/C18H32O2/c1-14-19-12-18(13-20-14)17-9-7-16(8-10-17)11-15-5-3-2-4-6-15/h14-18H,2-13H2,1H3. The molecule has 20 heavy (non-hydrogen) atoms. The van der Waals surface area contributed by atoms with E-state index in [0.717, 1.165) is 31.0 Å². The maximum absolute atomic E-state index is 5.67. The third-order valence-corrected chi connectivity index (χ3v) is 6.04. The molecule has 0 amide bonds. The first-order chi connectivity index (χ1) is 9.81. The van der Waals surface area contributed by atoms with E-state index < -0.39 is 0 Å². The van der Waals surface area contributed by atoms with Crippen LogP contribution < -0.4 is 0 Å². The minimum Gasteiger partial charge on any atom is -0.353 e. The van der Waals surface area contributed by atoms with Crippen molar-refractivity contribution in [2.24, 2.45) is 23.7 Å². The monoisotopic (exact) mass is 280 g/mol. The van der Waals surface area contributed by atoms with Crippen molar-refractivity contribution < 1.29 is 9.47 Å². The van der Waals surface area contributed by atoms with E-state index in [9.17, 15) is 0 Å². The highest BCUT2D eigenvalue weighted by molar-refractivity contribution is 4.81. The Labute approximate surface area is 124 Å². The van der Waals surface area contributed by atoms with Gasteiger partial charge in [-0.05, 0) is 43.9 Å². The number of rotatable bonds is 3. The summed E-state index contributed by atoms with van der Waals surface area (Å²) in [5, 5.41) is 0. The molecule has 116 valence electrons. The Hall–Kier alpha value is -0.0800. The fraction of sp³-hybridized carbons (Fsp3) is 1.00. The van der Waals surface area contributed by atoms with Crippen molar-refractivity contribution in [1.82, 2.24) is 0 Å². The number of hydrogen-bond donors (Lipinski definition) is 0. The fourth-order valence-electron chi connectivity index (χ4n) is 4.68. The van der Waals surface area contributed by atoms with Crippen LogP contribution in [0.4, 0.5) is 0 Å². The maximum Gasteiger partial charge on any atom is 0.154 e. The van der Waals surface area contributed by atoms with E-state index in [4.69, 9.17) is 9.47 Å². The Balaban J connectivity index is 1.38. The lowest BCUT2D eigenvalue weighted by molar-refractivity contribution is -0.200. The van der Waals surface area contributed by atoms with Gasteiger partial charge >= 0.3 is 0 Å². The van der Waals surface area contributed by atoms with E-state index in [0.29, 0.717) is 5.92 Å². The largest absolute Gasteiger partial charge is 0.353 e. The summed E-state index contributed by atoms with van der Waals surface area (Å²) in [4.78, 5) is 0. The topological polar surface area (TPSA) is 18.5 Å². The van der Waals surface area contributed by atoms with Crippen LogP contribution >= 0.6 is 0 Å². The van der Waals surface area contributed by atoms with Crippen LogP contribution in [0.15, 0.2) is 0 Å². The average molecular weight is 280 g/mol. The van der Waals surface area contributed by atoms with Gasteiger partial charge in [-0.15, -0.1) is 0 Å². The van der Waals surface area contributed by atoms with E-state index >= 15 is 0 Å². The van der Waals surface area contributed by atoms with E-state index in [1.165, 1.54) is 64.2 Å². The maximum atomic E-state index is 5.67. The van der Waals surface area contributed by atoms with Crippen LogP contribution in [0.2, 0.25) is 0 Å². The van der Waals surface area contributed by atoms with E-state index in [1.54, 1.807) is 0 Å². The smallest absolute Gasteiger partial charge is 0.154 e. The molecule has 3 rings (SSSR count). The molecule has 1 saturated heterocycles. The van der Waals surface area contributed by atoms with E-state index in [1.807, 2.05) is 6.92 Å². The predicted octanol–water partition coefficient (Wildman–Crippen LogP) is 4.77. The molecule has 0 radical (unpaired) electrons. The lowest BCUT2D eigenvalue weighted by atomic mass is 9.72. The van der Waals surface area contributed by atoms with Gasteiger partial charge < -0.3 is 9.47 Å². The van der Waals surface area contributed by atoms with Gasteiger partial charge in [0.15, 0.2) is 6.29 Å². The zero-order valence-corrected chi connectivity index (χ0v) is 13.2. The van der Waals surface area contributed by atoms with Crippen molar-refractivity contribution in [3.8, 4) is 0 Å².